The molecule has 1 saturated heterocycles. The number of fused-ring (bicyclic) bond motifs is 1. The fourth-order valence-electron chi connectivity index (χ4n) is 3.45. The molecule has 3 aromatic rings. The number of aliphatic hydroxyl groups excluding tert-OH is 1. The van der Waals surface area contributed by atoms with Gasteiger partial charge in [0, 0.05) is 18.7 Å². The number of hydrogen-bond acceptors (Lipinski definition) is 7. The number of carbonyl (C=O) groups excluding carboxylic acids is 2. The Labute approximate surface area is 188 Å². The first-order valence-corrected chi connectivity index (χ1v) is 10.2. The number of carbonyl (C=O) groups is 2. The van der Waals surface area contributed by atoms with Crippen LogP contribution in [-0.2, 0) is 14.4 Å². The number of aliphatic hydroxyl groups is 1. The quantitative estimate of drug-likeness (QED) is 0.305. The van der Waals surface area contributed by atoms with Crippen molar-refractivity contribution in [1.82, 2.24) is 14.7 Å². The second-order valence-electron chi connectivity index (χ2n) is 7.34. The second-order valence-corrected chi connectivity index (χ2v) is 7.34. The van der Waals surface area contributed by atoms with Gasteiger partial charge in [0.25, 0.3) is 0 Å². The van der Waals surface area contributed by atoms with Crippen LogP contribution in [0.2, 0.25) is 0 Å². The number of cyclic esters (lactones) is 1. The van der Waals surface area contributed by atoms with Crippen LogP contribution in [0.15, 0.2) is 47.9 Å². The van der Waals surface area contributed by atoms with Crippen LogP contribution in [0.3, 0.4) is 0 Å². The molecule has 2 amide bonds. The third-order valence-electron chi connectivity index (χ3n) is 5.01. The zero-order valence-electron chi connectivity index (χ0n) is 17.8. The Morgan fingerprint density at radius 1 is 1.42 bits per heavy atom. The molecular weight excluding hydrogens is 433 g/mol. The number of imidazole rings is 1. The maximum absolute atomic E-state index is 15.0. The largest absolute Gasteiger partial charge is 0.442 e. The van der Waals surface area contributed by atoms with Crippen LogP contribution in [0.5, 0.6) is 0 Å². The molecule has 1 atom stereocenters. The van der Waals surface area contributed by atoms with Crippen LogP contribution in [-0.4, -0.2) is 65.1 Å². The third kappa shape index (κ3) is 4.93. The number of nitrogens with zero attached hydrogens (tertiary/aromatic N) is 4. The third-order valence-corrected chi connectivity index (χ3v) is 5.01. The van der Waals surface area contributed by atoms with Gasteiger partial charge in [-0.2, -0.15) is 0 Å². The van der Waals surface area contributed by atoms with Crippen molar-refractivity contribution in [2.45, 2.75) is 13.0 Å². The van der Waals surface area contributed by atoms with Gasteiger partial charge in [-0.3, -0.25) is 14.1 Å². The van der Waals surface area contributed by atoms with Crippen LogP contribution in [0.1, 0.15) is 12.6 Å². The maximum atomic E-state index is 15.0. The summed E-state index contributed by atoms with van der Waals surface area (Å²) >= 11 is 0. The van der Waals surface area contributed by atoms with Crippen LogP contribution in [0.25, 0.3) is 16.8 Å². The van der Waals surface area contributed by atoms with Gasteiger partial charge in [-0.25, -0.2) is 14.2 Å². The Balaban J connectivity index is 1.51. The van der Waals surface area contributed by atoms with Gasteiger partial charge in [-0.15, -0.1) is 0 Å². The molecule has 172 valence electrons. The number of halogens is 1. The predicted octanol–water partition coefficient (Wildman–Crippen LogP) is 1.94. The SMILES string of the molecule is CC(=O)NC[C@H]1CN(c2ccc(-c3ccn4c(/C=N/OCCO)cnc4c3)c(F)c2)C(=O)O1. The van der Waals surface area contributed by atoms with E-state index >= 15 is 0 Å². The van der Waals surface area contributed by atoms with Gasteiger partial charge in [0.1, 0.15) is 24.2 Å². The number of pyridine rings is 1. The van der Waals surface area contributed by atoms with Crippen molar-refractivity contribution in [1.29, 1.82) is 0 Å². The van der Waals surface area contributed by atoms with E-state index in [1.807, 2.05) is 0 Å². The van der Waals surface area contributed by atoms with Crippen molar-refractivity contribution in [3.8, 4) is 11.1 Å². The van der Waals surface area contributed by atoms with Crippen molar-refractivity contribution in [2.75, 3.05) is 31.2 Å². The molecule has 2 N–H and O–H groups in total. The standard InChI is InChI=1S/C22H22FN5O5/c1-14(30)24-12-18-13-28(22(31)33-18)16-2-3-19(20(23)9-16)15-4-5-27-17(10-25-21(27)8-15)11-26-32-7-6-29/h2-5,8-11,18,29H,6-7,12-13H2,1H3,(H,24,30)/b26-11+/t18-/m0/s1. The fourth-order valence-corrected chi connectivity index (χ4v) is 3.45. The van der Waals surface area contributed by atoms with Gasteiger partial charge in [-0.05, 0) is 35.9 Å². The average molecular weight is 455 g/mol. The van der Waals surface area contributed by atoms with E-state index in [4.69, 9.17) is 14.7 Å². The molecule has 0 bridgehead atoms. The average Bonchev–Trinajstić information content (AvgIpc) is 3.38. The first-order chi connectivity index (χ1) is 16.0. The highest BCUT2D eigenvalue weighted by Gasteiger charge is 2.32. The lowest BCUT2D eigenvalue weighted by atomic mass is 10.1. The van der Waals surface area contributed by atoms with E-state index in [-0.39, 0.29) is 32.2 Å². The van der Waals surface area contributed by atoms with Gasteiger partial charge < -0.3 is 20.0 Å². The zero-order chi connectivity index (χ0) is 23.4. The summed E-state index contributed by atoms with van der Waals surface area (Å²) in [6.45, 7) is 1.76. The number of rotatable bonds is 8. The van der Waals surface area contributed by atoms with E-state index in [2.05, 4.69) is 15.5 Å². The number of ether oxygens (including phenoxy) is 1. The molecule has 11 heteroatoms. The molecule has 1 fully saturated rings. The normalized spacial score (nSPS) is 15.9. The summed E-state index contributed by atoms with van der Waals surface area (Å²) < 4.78 is 22.0. The van der Waals surface area contributed by atoms with Crippen molar-refractivity contribution in [2.24, 2.45) is 5.16 Å². The van der Waals surface area contributed by atoms with Crippen LogP contribution in [0, 0.1) is 5.82 Å². The molecule has 0 spiro atoms. The molecule has 0 unspecified atom stereocenters. The summed E-state index contributed by atoms with van der Waals surface area (Å²) in [4.78, 5) is 33.8. The minimum atomic E-state index is -0.589. The molecule has 3 heterocycles. The van der Waals surface area contributed by atoms with Crippen LogP contribution in [0.4, 0.5) is 14.9 Å². The van der Waals surface area contributed by atoms with Gasteiger partial charge in [-0.1, -0.05) is 5.16 Å². The second kappa shape index (κ2) is 9.65. The summed E-state index contributed by atoms with van der Waals surface area (Å²) in [6.07, 6.45) is 3.72. The first-order valence-electron chi connectivity index (χ1n) is 10.2. The van der Waals surface area contributed by atoms with Gasteiger partial charge in [0.2, 0.25) is 5.91 Å². The lowest BCUT2D eigenvalue weighted by Crippen LogP contribution is -2.33. The first kappa shape index (κ1) is 22.2. The van der Waals surface area contributed by atoms with E-state index in [0.29, 0.717) is 28.2 Å². The molecule has 1 aliphatic rings. The van der Waals surface area contributed by atoms with E-state index < -0.39 is 18.0 Å². The van der Waals surface area contributed by atoms with Crippen molar-refractivity contribution in [3.63, 3.8) is 0 Å². The molecule has 0 radical (unpaired) electrons. The van der Waals surface area contributed by atoms with E-state index in [9.17, 15) is 14.0 Å². The Bertz CT molecular complexity index is 1210. The van der Waals surface area contributed by atoms with Crippen molar-refractivity contribution in [3.05, 3.63) is 54.2 Å². The number of benzene rings is 1. The van der Waals surface area contributed by atoms with E-state index in [0.717, 1.165) is 0 Å². The molecule has 1 aromatic carbocycles. The van der Waals surface area contributed by atoms with E-state index in [1.165, 1.54) is 24.1 Å². The number of aromatic nitrogens is 2. The fraction of sp³-hybridized carbons (Fsp3) is 0.273. The smallest absolute Gasteiger partial charge is 0.414 e. The molecule has 2 aromatic heterocycles. The molecule has 33 heavy (non-hydrogen) atoms. The van der Waals surface area contributed by atoms with E-state index in [1.54, 1.807) is 41.1 Å². The van der Waals surface area contributed by atoms with Gasteiger partial charge in [0.05, 0.1) is 43.5 Å². The highest BCUT2D eigenvalue weighted by atomic mass is 19.1. The van der Waals surface area contributed by atoms with Crippen LogP contribution >= 0.6 is 0 Å². The minimum Gasteiger partial charge on any atom is -0.442 e. The van der Waals surface area contributed by atoms with Crippen molar-refractivity contribution < 1.29 is 28.7 Å². The Morgan fingerprint density at radius 3 is 3.03 bits per heavy atom. The monoisotopic (exact) mass is 455 g/mol. The highest BCUT2D eigenvalue weighted by molar-refractivity contribution is 5.90. The lowest BCUT2D eigenvalue weighted by molar-refractivity contribution is -0.119. The summed E-state index contributed by atoms with van der Waals surface area (Å²) in [6, 6.07) is 8.00. The Morgan fingerprint density at radius 2 is 2.27 bits per heavy atom. The number of anilines is 1. The number of oxime groups is 1. The van der Waals surface area contributed by atoms with Crippen molar-refractivity contribution >= 4 is 29.5 Å². The minimum absolute atomic E-state index is 0.0950. The summed E-state index contributed by atoms with van der Waals surface area (Å²) in [5.74, 6) is -0.718. The molecule has 0 aliphatic carbocycles. The number of hydrogen-bond donors (Lipinski definition) is 2. The highest BCUT2D eigenvalue weighted by Crippen LogP contribution is 2.29. The number of nitrogens with one attached hydrogen (secondary N) is 1. The molecule has 0 saturated carbocycles. The van der Waals surface area contributed by atoms with Crippen LogP contribution < -0.4 is 10.2 Å². The zero-order valence-corrected chi connectivity index (χ0v) is 17.8. The summed E-state index contributed by atoms with van der Waals surface area (Å²) in [5, 5.41) is 15.1. The molecule has 10 nitrogen and oxygen atoms in total. The molecule has 1 aliphatic heterocycles. The lowest BCUT2D eigenvalue weighted by Gasteiger charge is -2.14. The predicted molar refractivity (Wildman–Crippen MR) is 118 cm³/mol. The molecule has 4 rings (SSSR count). The molecular formula is C22H22FN5O5. The van der Waals surface area contributed by atoms with Gasteiger partial charge in [0.15, 0.2) is 0 Å². The Kier molecular flexibility index (Phi) is 6.50. The van der Waals surface area contributed by atoms with Gasteiger partial charge >= 0.3 is 6.09 Å². The summed E-state index contributed by atoms with van der Waals surface area (Å²) in [7, 11) is 0. The maximum Gasteiger partial charge on any atom is 0.414 e. The topological polar surface area (TPSA) is 118 Å². The Hall–Kier alpha value is -3.99. The summed E-state index contributed by atoms with van der Waals surface area (Å²) in [5.41, 5.74) is 2.59. The number of amides is 2.